The summed E-state index contributed by atoms with van der Waals surface area (Å²) < 4.78 is 78.6. The molecule has 0 saturated heterocycles. The maximum atomic E-state index is 16.4. The van der Waals surface area contributed by atoms with Crippen LogP contribution in [0.5, 0.6) is 0 Å². The van der Waals surface area contributed by atoms with Crippen molar-refractivity contribution in [2.45, 2.75) is 6.92 Å². The van der Waals surface area contributed by atoms with Crippen molar-refractivity contribution in [2.24, 2.45) is 0 Å². The van der Waals surface area contributed by atoms with Crippen molar-refractivity contribution in [3.63, 3.8) is 0 Å². The molecule has 0 aliphatic carbocycles. The number of rotatable bonds is 10. The Hall–Kier alpha value is -9.07. The van der Waals surface area contributed by atoms with Gasteiger partial charge in [-0.1, -0.05) is 151 Å². The number of para-hydroxylation sites is 2. The average Bonchev–Trinajstić information content (AvgIpc) is 3.41. The first-order chi connectivity index (χ1) is 35.1. The highest BCUT2D eigenvalue weighted by Crippen LogP contribution is 2.47. The van der Waals surface area contributed by atoms with Crippen LogP contribution in [0.1, 0.15) is 5.56 Å². The zero-order valence-corrected chi connectivity index (χ0v) is 38.7. The second-order valence-corrected chi connectivity index (χ2v) is 18.1. The maximum absolute atomic E-state index is 16.4. The van der Waals surface area contributed by atoms with E-state index in [4.69, 9.17) is 0 Å². The van der Waals surface area contributed by atoms with E-state index < -0.39 is 23.3 Å². The summed E-state index contributed by atoms with van der Waals surface area (Å²) in [5.74, 6) is -2.41. The first-order valence-electron chi connectivity index (χ1n) is 23.6. The van der Waals surface area contributed by atoms with E-state index in [2.05, 4.69) is 31.2 Å². The van der Waals surface area contributed by atoms with E-state index in [1.165, 1.54) is 42.0 Å². The Balaban J connectivity index is 0.950. The maximum Gasteiger partial charge on any atom is 0.147 e. The predicted octanol–water partition coefficient (Wildman–Crippen LogP) is 19.2. The number of hydrogen-bond donors (Lipinski definition) is 0. The van der Waals surface area contributed by atoms with E-state index in [1.54, 1.807) is 82.6 Å². The fourth-order valence-corrected chi connectivity index (χ4v) is 9.97. The largest absolute Gasteiger partial charge is 0.305 e. The van der Waals surface area contributed by atoms with Crippen molar-refractivity contribution >= 4 is 66.4 Å². The minimum absolute atomic E-state index is 0.154. The molecule has 0 N–H and O–H groups in total. The van der Waals surface area contributed by atoms with Crippen molar-refractivity contribution in [2.75, 3.05) is 9.80 Å². The zero-order valence-electron chi connectivity index (χ0n) is 38.7. The van der Waals surface area contributed by atoms with Crippen LogP contribution in [0.25, 0.3) is 76.8 Å². The van der Waals surface area contributed by atoms with E-state index >= 15 is 17.6 Å². The number of halogens is 5. The smallest absolute Gasteiger partial charge is 0.147 e. The quantitative estimate of drug-likeness (QED) is 0.0996. The summed E-state index contributed by atoms with van der Waals surface area (Å²) in [6.07, 6.45) is 0. The van der Waals surface area contributed by atoms with Gasteiger partial charge in [-0.3, -0.25) is 0 Å². The van der Waals surface area contributed by atoms with Crippen LogP contribution in [0.3, 0.4) is 0 Å². The lowest BCUT2D eigenvalue weighted by molar-refractivity contribution is 0.619. The van der Waals surface area contributed by atoms with Gasteiger partial charge in [-0.25, -0.2) is 22.0 Å². The molecule has 12 aromatic carbocycles. The summed E-state index contributed by atoms with van der Waals surface area (Å²) in [7, 11) is 0. The molecule has 0 amide bonds. The number of nitrogens with zero attached hydrogens (tertiary/aromatic N) is 2. The molecule has 0 radical (unpaired) electrons. The van der Waals surface area contributed by atoms with Crippen molar-refractivity contribution in [1.29, 1.82) is 0 Å². The van der Waals surface area contributed by atoms with Gasteiger partial charge in [0, 0.05) is 11.4 Å². The molecule has 12 aromatic rings. The monoisotopic (exact) mass is 944 g/mol. The van der Waals surface area contributed by atoms with Gasteiger partial charge in [0.1, 0.15) is 29.1 Å². The SMILES string of the molecule is Cc1ccc(-c2ccc(-c3ccc(F)c(N(c4cc5ccc6cc(N(c7ccccc7F)c7cc(-c8ccc(-c9ccc(F)cc9)cc8)ccc7F)cc7ccc(c4)c5c67)c4ccccc4F)c3)cc2)cc1. The summed E-state index contributed by atoms with van der Waals surface area (Å²) in [5.41, 5.74) is 10.1. The number of aryl methyl sites for hydroxylation is 1. The normalized spacial score (nSPS) is 11.5. The molecule has 0 bridgehead atoms. The molecule has 346 valence electrons. The van der Waals surface area contributed by atoms with Gasteiger partial charge in [0.2, 0.25) is 0 Å². The second-order valence-electron chi connectivity index (χ2n) is 18.1. The molecule has 0 spiro atoms. The van der Waals surface area contributed by atoms with Crippen LogP contribution in [0, 0.1) is 36.0 Å². The molecule has 0 aliphatic heterocycles. The Bertz CT molecular complexity index is 3650. The highest BCUT2D eigenvalue weighted by Gasteiger charge is 2.25. The van der Waals surface area contributed by atoms with E-state index in [9.17, 15) is 4.39 Å². The molecule has 0 unspecified atom stereocenters. The van der Waals surface area contributed by atoms with E-state index in [0.717, 1.165) is 76.8 Å². The van der Waals surface area contributed by atoms with Gasteiger partial charge in [0.15, 0.2) is 0 Å². The molecule has 2 nitrogen and oxygen atoms in total. The summed E-state index contributed by atoms with van der Waals surface area (Å²) in [4.78, 5) is 3.25. The summed E-state index contributed by atoms with van der Waals surface area (Å²) in [5, 5.41) is 5.22. The molecule has 0 aromatic heterocycles. The Morgan fingerprint density at radius 1 is 0.264 bits per heavy atom. The van der Waals surface area contributed by atoms with Crippen LogP contribution in [0.2, 0.25) is 0 Å². The van der Waals surface area contributed by atoms with Crippen molar-refractivity contribution in [3.8, 4) is 44.5 Å². The highest BCUT2D eigenvalue weighted by molar-refractivity contribution is 6.24. The van der Waals surface area contributed by atoms with Gasteiger partial charge in [-0.15, -0.1) is 0 Å². The molecule has 0 atom stereocenters. The first kappa shape index (κ1) is 44.2. The summed E-state index contributed by atoms with van der Waals surface area (Å²) in [6, 6.07) is 68.6. The lowest BCUT2D eigenvalue weighted by Crippen LogP contribution is -2.14. The fourth-order valence-electron chi connectivity index (χ4n) is 9.97. The molecular weight excluding hydrogens is 904 g/mol. The van der Waals surface area contributed by atoms with Gasteiger partial charge in [0.25, 0.3) is 0 Å². The van der Waals surface area contributed by atoms with E-state index in [0.29, 0.717) is 11.4 Å². The Morgan fingerprint density at radius 2 is 0.556 bits per heavy atom. The summed E-state index contributed by atoms with van der Waals surface area (Å²) >= 11 is 0. The molecule has 0 aliphatic rings. The lowest BCUT2D eigenvalue weighted by Gasteiger charge is -2.28. The van der Waals surface area contributed by atoms with E-state index in [1.807, 2.05) is 97.1 Å². The van der Waals surface area contributed by atoms with Gasteiger partial charge >= 0.3 is 0 Å². The average molecular weight is 945 g/mol. The number of benzene rings is 12. The number of hydrogen-bond acceptors (Lipinski definition) is 2. The minimum Gasteiger partial charge on any atom is -0.305 e. The van der Waals surface area contributed by atoms with Crippen LogP contribution in [-0.2, 0) is 0 Å². The van der Waals surface area contributed by atoms with Crippen molar-refractivity contribution < 1.29 is 22.0 Å². The Morgan fingerprint density at radius 3 is 0.917 bits per heavy atom. The van der Waals surface area contributed by atoms with Crippen LogP contribution in [-0.4, -0.2) is 0 Å². The number of anilines is 6. The third-order valence-corrected chi connectivity index (χ3v) is 13.6. The molecule has 0 heterocycles. The van der Waals surface area contributed by atoms with Crippen LogP contribution in [0.4, 0.5) is 56.1 Å². The lowest BCUT2D eigenvalue weighted by atomic mass is 9.92. The molecule has 72 heavy (non-hydrogen) atoms. The molecule has 0 saturated carbocycles. The highest BCUT2D eigenvalue weighted by atomic mass is 19.1. The predicted molar refractivity (Wildman–Crippen MR) is 286 cm³/mol. The molecule has 0 fully saturated rings. The van der Waals surface area contributed by atoms with Crippen LogP contribution >= 0.6 is 0 Å². The third-order valence-electron chi connectivity index (χ3n) is 13.6. The fraction of sp³-hybridized carbons (Fsp3) is 0.0154. The Labute approximate surface area is 413 Å². The standard InChI is InChI=1S/C65H41F5N2/c1-40-10-12-41(13-11-40)42-14-18-45(19-15-42)47-28-32-58(69)62(38-47)71(60-8-4-2-6-56(60)67)54-34-49-22-24-51-36-55(37-52-25-23-50(35-54)64(49)65(51)52)72(61-9-5-3-7-57(61)68)63-39-48(29-33-59(63)70)46-20-16-43(17-21-46)44-26-30-53(66)31-27-44/h2-39H,1H3. The molecule has 7 heteroatoms. The van der Waals surface area contributed by atoms with Crippen LogP contribution in [0.15, 0.2) is 231 Å². The second kappa shape index (κ2) is 18.0. The molecule has 12 rings (SSSR count). The van der Waals surface area contributed by atoms with Gasteiger partial charge in [-0.2, -0.15) is 0 Å². The Kier molecular flexibility index (Phi) is 11.1. The van der Waals surface area contributed by atoms with Gasteiger partial charge in [0.05, 0.1) is 22.7 Å². The topological polar surface area (TPSA) is 6.48 Å². The van der Waals surface area contributed by atoms with Gasteiger partial charge < -0.3 is 9.80 Å². The van der Waals surface area contributed by atoms with Gasteiger partial charge in [-0.05, 0) is 169 Å². The van der Waals surface area contributed by atoms with Crippen LogP contribution < -0.4 is 9.80 Å². The zero-order chi connectivity index (χ0) is 49.0. The molecular formula is C65H41F5N2. The minimum atomic E-state index is -0.542. The van der Waals surface area contributed by atoms with E-state index in [-0.39, 0.29) is 28.6 Å². The first-order valence-corrected chi connectivity index (χ1v) is 23.6. The van der Waals surface area contributed by atoms with Crippen molar-refractivity contribution in [1.82, 2.24) is 0 Å². The van der Waals surface area contributed by atoms with Crippen molar-refractivity contribution in [3.05, 3.63) is 265 Å². The summed E-state index contributed by atoms with van der Waals surface area (Å²) in [6.45, 7) is 2.06. The third kappa shape index (κ3) is 8.04.